The molecule has 2 aromatic rings. The Balaban J connectivity index is 1.83. The number of ether oxygens (including phenoxy) is 1. The summed E-state index contributed by atoms with van der Waals surface area (Å²) in [4.78, 5) is 11.9. The summed E-state index contributed by atoms with van der Waals surface area (Å²) in [5.74, 6) is 0. The molecule has 0 bridgehead atoms. The molecule has 0 aliphatic heterocycles. The topological polar surface area (TPSA) is 58.6 Å². The molecule has 116 valence electrons. The first-order chi connectivity index (χ1) is 10.8. The van der Waals surface area contributed by atoms with Crippen molar-refractivity contribution < 1.29 is 14.6 Å². The molecule has 0 aliphatic rings. The predicted octanol–water partition coefficient (Wildman–Crippen LogP) is 2.91. The zero-order valence-electron chi connectivity index (χ0n) is 12.4. The van der Waals surface area contributed by atoms with Crippen LogP contribution in [0.2, 0.25) is 0 Å². The van der Waals surface area contributed by atoms with E-state index >= 15 is 0 Å². The lowest BCUT2D eigenvalue weighted by Crippen LogP contribution is -2.37. The van der Waals surface area contributed by atoms with Gasteiger partial charge in [-0.15, -0.1) is 0 Å². The van der Waals surface area contributed by atoms with Gasteiger partial charge in [0.1, 0.15) is 6.61 Å². The highest BCUT2D eigenvalue weighted by atomic mass is 16.5. The molecule has 0 saturated heterocycles. The summed E-state index contributed by atoms with van der Waals surface area (Å²) in [6.07, 6.45) is 0.704. The third kappa shape index (κ3) is 5.58. The minimum atomic E-state index is -0.460. The zero-order chi connectivity index (χ0) is 15.6. The van der Waals surface area contributed by atoms with Gasteiger partial charge in [-0.05, 0) is 24.0 Å². The van der Waals surface area contributed by atoms with Gasteiger partial charge >= 0.3 is 6.09 Å². The van der Waals surface area contributed by atoms with Crippen LogP contribution in [0.1, 0.15) is 17.5 Å². The molecule has 0 aromatic heterocycles. The molecule has 0 heterocycles. The molecule has 22 heavy (non-hydrogen) atoms. The number of hydrogen-bond acceptors (Lipinski definition) is 3. The maximum atomic E-state index is 11.9. The molecular formula is C18H21NO3. The van der Waals surface area contributed by atoms with Crippen LogP contribution >= 0.6 is 0 Å². The van der Waals surface area contributed by atoms with E-state index in [0.717, 1.165) is 11.1 Å². The Labute approximate surface area is 130 Å². The molecule has 0 saturated carbocycles. The van der Waals surface area contributed by atoms with Gasteiger partial charge in [-0.25, -0.2) is 4.79 Å². The molecule has 1 atom stereocenters. The fourth-order valence-corrected chi connectivity index (χ4v) is 2.21. The van der Waals surface area contributed by atoms with E-state index in [-0.39, 0.29) is 19.3 Å². The van der Waals surface area contributed by atoms with Crippen LogP contribution in [0.3, 0.4) is 0 Å². The Kier molecular flexibility index (Phi) is 6.45. The highest BCUT2D eigenvalue weighted by Gasteiger charge is 2.13. The van der Waals surface area contributed by atoms with Crippen molar-refractivity contribution in [3.8, 4) is 0 Å². The molecule has 0 aliphatic carbocycles. The second-order valence-corrected chi connectivity index (χ2v) is 5.10. The molecule has 0 unspecified atom stereocenters. The molecule has 4 heteroatoms. The number of aliphatic hydroxyl groups excluding tert-OH is 1. The summed E-state index contributed by atoms with van der Waals surface area (Å²) in [5, 5.41) is 12.0. The predicted molar refractivity (Wildman–Crippen MR) is 85.4 cm³/mol. The molecule has 2 N–H and O–H groups in total. The quantitative estimate of drug-likeness (QED) is 0.826. The van der Waals surface area contributed by atoms with Crippen molar-refractivity contribution in [3.05, 3.63) is 71.8 Å². The van der Waals surface area contributed by atoms with Gasteiger partial charge in [0.05, 0.1) is 0 Å². The first-order valence-corrected chi connectivity index (χ1v) is 7.40. The van der Waals surface area contributed by atoms with Crippen molar-refractivity contribution in [2.45, 2.75) is 25.5 Å². The van der Waals surface area contributed by atoms with Crippen LogP contribution in [-0.2, 0) is 17.8 Å². The normalized spacial score (nSPS) is 11.7. The number of carbonyl (C=O) groups excluding carboxylic acids is 1. The minimum absolute atomic E-state index is 0.0243. The number of alkyl carbamates (subject to hydrolysis) is 1. The van der Waals surface area contributed by atoms with E-state index in [1.165, 1.54) is 0 Å². The van der Waals surface area contributed by atoms with E-state index < -0.39 is 6.09 Å². The van der Waals surface area contributed by atoms with Crippen molar-refractivity contribution in [1.29, 1.82) is 0 Å². The van der Waals surface area contributed by atoms with Gasteiger partial charge in [0.25, 0.3) is 0 Å². The van der Waals surface area contributed by atoms with E-state index in [4.69, 9.17) is 9.84 Å². The highest BCUT2D eigenvalue weighted by Crippen LogP contribution is 2.07. The first-order valence-electron chi connectivity index (χ1n) is 7.40. The molecule has 0 spiro atoms. The average Bonchev–Trinajstić information content (AvgIpc) is 2.55. The third-order valence-corrected chi connectivity index (χ3v) is 3.34. The number of benzene rings is 2. The minimum Gasteiger partial charge on any atom is -0.445 e. The molecular weight excluding hydrogens is 278 g/mol. The second-order valence-electron chi connectivity index (χ2n) is 5.10. The number of aliphatic hydroxyl groups is 1. The van der Waals surface area contributed by atoms with Crippen LogP contribution in [-0.4, -0.2) is 23.8 Å². The van der Waals surface area contributed by atoms with Crippen LogP contribution in [0.4, 0.5) is 4.79 Å². The summed E-state index contributed by atoms with van der Waals surface area (Å²) >= 11 is 0. The van der Waals surface area contributed by atoms with Gasteiger partial charge in [0, 0.05) is 12.6 Å². The van der Waals surface area contributed by atoms with E-state index in [1.54, 1.807) is 0 Å². The van der Waals surface area contributed by atoms with E-state index in [9.17, 15) is 4.79 Å². The van der Waals surface area contributed by atoms with Crippen LogP contribution in [0, 0.1) is 0 Å². The van der Waals surface area contributed by atoms with Crippen LogP contribution < -0.4 is 5.32 Å². The van der Waals surface area contributed by atoms with Crippen molar-refractivity contribution in [2.75, 3.05) is 6.61 Å². The fraction of sp³-hybridized carbons (Fsp3) is 0.278. The molecule has 4 nitrogen and oxygen atoms in total. The lowest BCUT2D eigenvalue weighted by Gasteiger charge is -2.17. The smallest absolute Gasteiger partial charge is 0.407 e. The molecule has 2 rings (SSSR count). The first kappa shape index (κ1) is 16.0. The maximum absolute atomic E-state index is 11.9. The Morgan fingerprint density at radius 3 is 2.18 bits per heavy atom. The van der Waals surface area contributed by atoms with Crippen LogP contribution in [0.25, 0.3) is 0 Å². The van der Waals surface area contributed by atoms with Gasteiger partial charge in [-0.2, -0.15) is 0 Å². The van der Waals surface area contributed by atoms with E-state index in [0.29, 0.717) is 12.8 Å². The molecule has 0 radical (unpaired) electrons. The van der Waals surface area contributed by atoms with Crippen LogP contribution in [0.5, 0.6) is 0 Å². The zero-order valence-corrected chi connectivity index (χ0v) is 12.4. The number of amides is 1. The number of rotatable bonds is 7. The van der Waals surface area contributed by atoms with Crippen molar-refractivity contribution in [3.63, 3.8) is 0 Å². The Morgan fingerprint density at radius 2 is 1.59 bits per heavy atom. The lowest BCUT2D eigenvalue weighted by atomic mass is 10.0. The fourth-order valence-electron chi connectivity index (χ4n) is 2.21. The van der Waals surface area contributed by atoms with Gasteiger partial charge in [0.2, 0.25) is 0 Å². The van der Waals surface area contributed by atoms with Crippen molar-refractivity contribution >= 4 is 6.09 Å². The van der Waals surface area contributed by atoms with Gasteiger partial charge in [-0.1, -0.05) is 60.7 Å². The summed E-state index contributed by atoms with van der Waals surface area (Å²) in [6.45, 7) is 0.264. The summed E-state index contributed by atoms with van der Waals surface area (Å²) in [6, 6.07) is 19.3. The van der Waals surface area contributed by atoms with Crippen LogP contribution in [0.15, 0.2) is 60.7 Å². The van der Waals surface area contributed by atoms with E-state index in [1.807, 2.05) is 60.7 Å². The van der Waals surface area contributed by atoms with E-state index in [2.05, 4.69) is 5.32 Å². The Morgan fingerprint density at radius 1 is 1.00 bits per heavy atom. The second kappa shape index (κ2) is 8.85. The lowest BCUT2D eigenvalue weighted by molar-refractivity contribution is 0.133. The number of nitrogens with one attached hydrogen (secondary N) is 1. The maximum Gasteiger partial charge on any atom is 0.407 e. The van der Waals surface area contributed by atoms with Crippen molar-refractivity contribution in [1.82, 2.24) is 5.32 Å². The standard InChI is InChI=1S/C18H21NO3/c20-12-11-17(13-15-7-3-1-4-8-15)19-18(21)22-14-16-9-5-2-6-10-16/h1-10,17,20H,11-14H2,(H,19,21)/t17-/m0/s1. The largest absolute Gasteiger partial charge is 0.445 e. The molecule has 1 amide bonds. The summed E-state index contributed by atoms with van der Waals surface area (Å²) < 4.78 is 5.21. The summed E-state index contributed by atoms with van der Waals surface area (Å²) in [7, 11) is 0. The third-order valence-electron chi connectivity index (χ3n) is 3.34. The number of carbonyl (C=O) groups is 1. The summed E-state index contributed by atoms with van der Waals surface area (Å²) in [5.41, 5.74) is 2.06. The van der Waals surface area contributed by atoms with Gasteiger partial charge < -0.3 is 15.2 Å². The molecule has 0 fully saturated rings. The van der Waals surface area contributed by atoms with Crippen molar-refractivity contribution in [2.24, 2.45) is 0 Å². The molecule has 2 aromatic carbocycles. The van der Waals surface area contributed by atoms with Gasteiger partial charge in [-0.3, -0.25) is 0 Å². The average molecular weight is 299 g/mol. The number of hydrogen-bond donors (Lipinski definition) is 2. The Hall–Kier alpha value is -2.33. The SMILES string of the molecule is O=C(N[C@@H](CCO)Cc1ccccc1)OCc1ccccc1. The highest BCUT2D eigenvalue weighted by molar-refractivity contribution is 5.67. The van der Waals surface area contributed by atoms with Gasteiger partial charge in [0.15, 0.2) is 0 Å². The monoisotopic (exact) mass is 299 g/mol. The Bertz CT molecular complexity index is 557.